The summed E-state index contributed by atoms with van der Waals surface area (Å²) in [6.07, 6.45) is 6.19. The van der Waals surface area contributed by atoms with Crippen molar-refractivity contribution in [2.75, 3.05) is 0 Å². The Morgan fingerprint density at radius 2 is 2.31 bits per heavy atom. The molecule has 2 rings (SSSR count). The molecule has 1 N–H and O–H groups in total. The number of rotatable bonds is 3. The van der Waals surface area contributed by atoms with E-state index in [9.17, 15) is 4.79 Å². The van der Waals surface area contributed by atoms with Crippen molar-refractivity contribution in [2.45, 2.75) is 25.9 Å². The summed E-state index contributed by atoms with van der Waals surface area (Å²) < 4.78 is 5.75. The molecule has 1 aliphatic rings. The Morgan fingerprint density at radius 1 is 1.50 bits per heavy atom. The lowest BCUT2D eigenvalue weighted by Crippen LogP contribution is -2.11. The smallest absolute Gasteiger partial charge is 0.335 e. The molecule has 0 aliphatic heterocycles. The first-order valence-electron chi connectivity index (χ1n) is 5.34. The van der Waals surface area contributed by atoms with Crippen LogP contribution >= 0.6 is 0 Å². The minimum absolute atomic E-state index is 0.0859. The lowest BCUT2D eigenvalue weighted by atomic mass is 10.1. The van der Waals surface area contributed by atoms with Crippen LogP contribution in [0.2, 0.25) is 0 Å². The van der Waals surface area contributed by atoms with Gasteiger partial charge in [0, 0.05) is 0 Å². The van der Waals surface area contributed by atoms with Crippen LogP contribution in [-0.4, -0.2) is 17.2 Å². The summed E-state index contributed by atoms with van der Waals surface area (Å²) in [6, 6.07) is 4.95. The zero-order valence-corrected chi connectivity index (χ0v) is 9.14. The Labute approximate surface area is 94.4 Å². The zero-order chi connectivity index (χ0) is 11.5. The van der Waals surface area contributed by atoms with Crippen LogP contribution in [0, 0.1) is 6.92 Å². The first kappa shape index (κ1) is 10.7. The second kappa shape index (κ2) is 4.39. The average Bonchev–Trinajstić information content (AvgIpc) is 2.73. The summed E-state index contributed by atoms with van der Waals surface area (Å²) in [5, 5.41) is 8.89. The quantitative estimate of drug-likeness (QED) is 0.793. The van der Waals surface area contributed by atoms with E-state index in [0.717, 1.165) is 18.4 Å². The topological polar surface area (TPSA) is 46.5 Å². The highest BCUT2D eigenvalue weighted by atomic mass is 16.5. The van der Waals surface area contributed by atoms with E-state index in [-0.39, 0.29) is 11.7 Å². The Kier molecular flexibility index (Phi) is 2.95. The molecule has 0 spiro atoms. The highest BCUT2D eigenvalue weighted by Crippen LogP contribution is 2.24. The summed E-state index contributed by atoms with van der Waals surface area (Å²) in [4.78, 5) is 10.8. The summed E-state index contributed by atoms with van der Waals surface area (Å²) in [5.74, 6) is -0.261. The van der Waals surface area contributed by atoms with Crippen molar-refractivity contribution >= 4 is 5.97 Å². The van der Waals surface area contributed by atoms with Gasteiger partial charge in [0.2, 0.25) is 0 Å². The van der Waals surface area contributed by atoms with Crippen molar-refractivity contribution in [1.29, 1.82) is 0 Å². The minimum atomic E-state index is -0.924. The van der Waals surface area contributed by atoms with Crippen molar-refractivity contribution < 1.29 is 14.6 Å². The first-order valence-corrected chi connectivity index (χ1v) is 5.34. The molecule has 1 aromatic rings. The Morgan fingerprint density at radius 3 is 2.94 bits per heavy atom. The molecular formula is C13H14O3. The largest absolute Gasteiger partial charge is 0.486 e. The Balaban J connectivity index is 2.21. The van der Waals surface area contributed by atoms with Gasteiger partial charge in [-0.2, -0.15) is 0 Å². The molecule has 84 valence electrons. The van der Waals surface area contributed by atoms with Gasteiger partial charge in [-0.05, 0) is 43.5 Å². The van der Waals surface area contributed by atoms with E-state index in [1.807, 2.05) is 13.0 Å². The number of ether oxygens (including phenoxy) is 1. The molecular weight excluding hydrogens is 204 g/mol. The molecule has 0 fully saturated rings. The van der Waals surface area contributed by atoms with E-state index in [2.05, 4.69) is 6.08 Å². The van der Waals surface area contributed by atoms with E-state index >= 15 is 0 Å². The van der Waals surface area contributed by atoms with Crippen LogP contribution in [0.1, 0.15) is 28.8 Å². The molecule has 3 nitrogen and oxygen atoms in total. The van der Waals surface area contributed by atoms with Gasteiger partial charge < -0.3 is 9.84 Å². The number of hydrogen-bond donors (Lipinski definition) is 1. The predicted molar refractivity (Wildman–Crippen MR) is 60.9 cm³/mol. The molecule has 0 heterocycles. The highest BCUT2D eigenvalue weighted by Gasteiger charge is 2.13. The van der Waals surface area contributed by atoms with Crippen LogP contribution in [0.3, 0.4) is 0 Å². The van der Waals surface area contributed by atoms with Crippen molar-refractivity contribution in [3.63, 3.8) is 0 Å². The SMILES string of the molecule is Cc1ccc(C(=O)O)cc1OC1C=CCC1. The van der Waals surface area contributed by atoms with Crippen molar-refractivity contribution in [3.05, 3.63) is 41.5 Å². The molecule has 0 radical (unpaired) electrons. The highest BCUT2D eigenvalue weighted by molar-refractivity contribution is 5.88. The fourth-order valence-electron chi connectivity index (χ4n) is 1.73. The molecule has 3 heteroatoms. The third kappa shape index (κ3) is 2.24. The summed E-state index contributed by atoms with van der Waals surface area (Å²) in [7, 11) is 0. The maximum absolute atomic E-state index is 10.8. The van der Waals surface area contributed by atoms with Gasteiger partial charge in [-0.1, -0.05) is 12.1 Å². The first-order chi connectivity index (χ1) is 7.66. The van der Waals surface area contributed by atoms with Gasteiger partial charge in [0.25, 0.3) is 0 Å². The van der Waals surface area contributed by atoms with Gasteiger partial charge in [0.05, 0.1) is 5.56 Å². The van der Waals surface area contributed by atoms with Gasteiger partial charge >= 0.3 is 5.97 Å². The fraction of sp³-hybridized carbons (Fsp3) is 0.308. The molecule has 1 atom stereocenters. The number of allylic oxidation sites excluding steroid dienone is 1. The van der Waals surface area contributed by atoms with Crippen molar-refractivity contribution in [2.24, 2.45) is 0 Å². The van der Waals surface area contributed by atoms with Gasteiger partial charge in [-0.3, -0.25) is 0 Å². The van der Waals surface area contributed by atoms with Gasteiger partial charge in [0.15, 0.2) is 0 Å². The second-order valence-electron chi connectivity index (χ2n) is 3.95. The van der Waals surface area contributed by atoms with Crippen LogP contribution in [0.15, 0.2) is 30.4 Å². The molecule has 16 heavy (non-hydrogen) atoms. The lowest BCUT2D eigenvalue weighted by Gasteiger charge is -2.14. The Hall–Kier alpha value is -1.77. The van der Waals surface area contributed by atoms with Crippen LogP contribution in [0.25, 0.3) is 0 Å². The predicted octanol–water partition coefficient (Wildman–Crippen LogP) is 2.79. The summed E-state index contributed by atoms with van der Waals surface area (Å²) >= 11 is 0. The van der Waals surface area contributed by atoms with Gasteiger partial charge in [-0.15, -0.1) is 0 Å². The molecule has 1 unspecified atom stereocenters. The van der Waals surface area contributed by atoms with Crippen molar-refractivity contribution in [3.8, 4) is 5.75 Å². The van der Waals surface area contributed by atoms with E-state index in [1.165, 1.54) is 0 Å². The number of carboxylic acid groups (broad SMARTS) is 1. The number of hydrogen-bond acceptors (Lipinski definition) is 2. The van der Waals surface area contributed by atoms with Gasteiger partial charge in [-0.25, -0.2) is 4.79 Å². The second-order valence-corrected chi connectivity index (χ2v) is 3.95. The molecule has 1 aromatic carbocycles. The molecule has 0 amide bonds. The average molecular weight is 218 g/mol. The minimum Gasteiger partial charge on any atom is -0.486 e. The monoisotopic (exact) mass is 218 g/mol. The molecule has 0 bridgehead atoms. The normalized spacial score (nSPS) is 18.7. The van der Waals surface area contributed by atoms with Crippen LogP contribution in [0.5, 0.6) is 5.75 Å². The van der Waals surface area contributed by atoms with Crippen LogP contribution in [-0.2, 0) is 0 Å². The molecule has 0 aromatic heterocycles. The number of aromatic carboxylic acids is 1. The molecule has 1 aliphatic carbocycles. The van der Waals surface area contributed by atoms with E-state index in [4.69, 9.17) is 9.84 Å². The van der Waals surface area contributed by atoms with Crippen LogP contribution < -0.4 is 4.74 Å². The zero-order valence-electron chi connectivity index (χ0n) is 9.14. The van der Waals surface area contributed by atoms with Crippen molar-refractivity contribution in [1.82, 2.24) is 0 Å². The maximum atomic E-state index is 10.8. The molecule has 0 saturated carbocycles. The lowest BCUT2D eigenvalue weighted by molar-refractivity contribution is 0.0696. The van der Waals surface area contributed by atoms with E-state index in [0.29, 0.717) is 5.75 Å². The van der Waals surface area contributed by atoms with Gasteiger partial charge in [0.1, 0.15) is 11.9 Å². The molecule has 0 saturated heterocycles. The number of benzene rings is 1. The van der Waals surface area contributed by atoms with Crippen LogP contribution in [0.4, 0.5) is 0 Å². The van der Waals surface area contributed by atoms with E-state index in [1.54, 1.807) is 18.2 Å². The summed E-state index contributed by atoms with van der Waals surface area (Å²) in [5.41, 5.74) is 1.23. The third-order valence-electron chi connectivity index (χ3n) is 2.68. The standard InChI is InChI=1S/C13H14O3/c1-9-6-7-10(13(14)15)8-12(9)16-11-4-2-3-5-11/h2,4,6-8,11H,3,5H2,1H3,(H,14,15). The number of carbonyl (C=O) groups is 1. The number of carboxylic acids is 1. The third-order valence-corrected chi connectivity index (χ3v) is 2.68. The van der Waals surface area contributed by atoms with E-state index < -0.39 is 5.97 Å². The maximum Gasteiger partial charge on any atom is 0.335 e. The summed E-state index contributed by atoms with van der Waals surface area (Å²) in [6.45, 7) is 1.92. The Bertz CT molecular complexity index is 435. The fourth-order valence-corrected chi connectivity index (χ4v) is 1.73. The number of aryl methyl sites for hydroxylation is 1.